The Hall–Kier alpha value is -3.11. The Bertz CT molecular complexity index is 1070. The highest BCUT2D eigenvalue weighted by Gasteiger charge is 2.14. The number of rotatable bonds is 2. The van der Waals surface area contributed by atoms with Crippen LogP contribution in [0.25, 0.3) is 26.0 Å². The summed E-state index contributed by atoms with van der Waals surface area (Å²) in [5, 5.41) is 4.36. The molecule has 2 aromatic heterocycles. The SMILES string of the molecule is [C-]#[N+]c1nc2ccc3ncnc(Nc4ccc(F)cc4)c3c2s1. The van der Waals surface area contributed by atoms with E-state index < -0.39 is 0 Å². The van der Waals surface area contributed by atoms with E-state index in [1.165, 1.54) is 29.8 Å². The number of benzene rings is 2. The summed E-state index contributed by atoms with van der Waals surface area (Å²) in [6, 6.07) is 9.73. The van der Waals surface area contributed by atoms with E-state index in [0.29, 0.717) is 10.9 Å². The van der Waals surface area contributed by atoms with Crippen molar-refractivity contribution in [3.05, 3.63) is 60.0 Å². The second-order valence-corrected chi connectivity index (χ2v) is 5.75. The van der Waals surface area contributed by atoms with Crippen molar-refractivity contribution in [2.75, 3.05) is 5.32 Å². The number of hydrogen-bond donors (Lipinski definition) is 1. The van der Waals surface area contributed by atoms with E-state index in [-0.39, 0.29) is 5.82 Å². The summed E-state index contributed by atoms with van der Waals surface area (Å²) in [6.07, 6.45) is 1.47. The minimum absolute atomic E-state index is 0.297. The van der Waals surface area contributed by atoms with Crippen LogP contribution >= 0.6 is 11.3 Å². The molecule has 0 aliphatic heterocycles. The molecule has 4 aromatic rings. The summed E-state index contributed by atoms with van der Waals surface area (Å²) < 4.78 is 13.9. The maximum atomic E-state index is 13.0. The molecule has 0 aliphatic carbocycles. The molecule has 4 rings (SSSR count). The van der Waals surface area contributed by atoms with Gasteiger partial charge in [-0.3, -0.25) is 0 Å². The Morgan fingerprint density at radius 1 is 1.04 bits per heavy atom. The third-order valence-electron chi connectivity index (χ3n) is 3.35. The number of halogens is 1. The molecule has 0 unspecified atom stereocenters. The Balaban J connectivity index is 1.93. The third kappa shape index (κ3) is 2.35. The maximum absolute atomic E-state index is 13.0. The van der Waals surface area contributed by atoms with Crippen LogP contribution in [0.2, 0.25) is 0 Å². The number of anilines is 2. The fourth-order valence-corrected chi connectivity index (χ4v) is 3.23. The molecular weight excluding hydrogens is 313 g/mol. The number of thiazole rings is 1. The monoisotopic (exact) mass is 321 g/mol. The van der Waals surface area contributed by atoms with Gasteiger partial charge < -0.3 is 10.2 Å². The number of nitrogens with one attached hydrogen (secondary N) is 1. The molecule has 0 radical (unpaired) electrons. The van der Waals surface area contributed by atoms with Crippen molar-refractivity contribution in [2.45, 2.75) is 0 Å². The summed E-state index contributed by atoms with van der Waals surface area (Å²) in [6.45, 7) is 7.13. The first-order valence-electron chi connectivity index (χ1n) is 6.69. The fraction of sp³-hybridized carbons (Fsp3) is 0. The molecule has 0 aliphatic rings. The van der Waals surface area contributed by atoms with E-state index in [2.05, 4.69) is 25.1 Å². The van der Waals surface area contributed by atoms with Crippen LogP contribution in [0.15, 0.2) is 42.7 Å². The Morgan fingerprint density at radius 3 is 2.61 bits per heavy atom. The van der Waals surface area contributed by atoms with Crippen LogP contribution < -0.4 is 5.32 Å². The molecule has 0 spiro atoms. The first-order valence-corrected chi connectivity index (χ1v) is 7.50. The van der Waals surface area contributed by atoms with Gasteiger partial charge in [0.1, 0.15) is 18.0 Å². The molecule has 0 saturated heterocycles. The van der Waals surface area contributed by atoms with Gasteiger partial charge in [-0.15, -0.1) is 16.3 Å². The molecule has 0 bridgehead atoms. The zero-order valence-corrected chi connectivity index (χ0v) is 12.4. The van der Waals surface area contributed by atoms with E-state index in [1.54, 1.807) is 12.1 Å². The van der Waals surface area contributed by atoms with Crippen LogP contribution in [-0.4, -0.2) is 15.0 Å². The van der Waals surface area contributed by atoms with Crippen molar-refractivity contribution in [3.63, 3.8) is 0 Å². The van der Waals surface area contributed by atoms with Gasteiger partial charge in [0.15, 0.2) is 5.52 Å². The standard InChI is InChI=1S/C16H8FN5S/c1-18-16-22-12-7-6-11-13(14(12)23-16)15(20-8-19-11)21-10-4-2-9(17)3-5-10/h2-8H,(H,19,20,21). The van der Waals surface area contributed by atoms with Crippen LogP contribution in [0.5, 0.6) is 0 Å². The largest absolute Gasteiger partial charge is 0.351 e. The minimum atomic E-state index is -0.297. The molecule has 23 heavy (non-hydrogen) atoms. The average Bonchev–Trinajstić information content (AvgIpc) is 3.00. The summed E-state index contributed by atoms with van der Waals surface area (Å²) in [5.74, 6) is 0.307. The summed E-state index contributed by atoms with van der Waals surface area (Å²) in [5.41, 5.74) is 2.22. The number of aromatic nitrogens is 3. The maximum Gasteiger partial charge on any atom is 0.330 e. The zero-order chi connectivity index (χ0) is 15.8. The lowest BCUT2D eigenvalue weighted by Crippen LogP contribution is -1.96. The molecule has 0 atom stereocenters. The van der Waals surface area contributed by atoms with Gasteiger partial charge in [0.05, 0.1) is 15.6 Å². The van der Waals surface area contributed by atoms with Crippen molar-refractivity contribution in [1.29, 1.82) is 0 Å². The van der Waals surface area contributed by atoms with Gasteiger partial charge in [-0.05, 0) is 36.4 Å². The highest BCUT2D eigenvalue weighted by atomic mass is 32.1. The third-order valence-corrected chi connectivity index (χ3v) is 4.33. The quantitative estimate of drug-likeness (QED) is 0.545. The van der Waals surface area contributed by atoms with Crippen molar-refractivity contribution in [1.82, 2.24) is 15.0 Å². The second kappa shape index (κ2) is 5.26. The molecular formula is C16H8FN5S. The topological polar surface area (TPSA) is 55.1 Å². The molecule has 2 aromatic carbocycles. The van der Waals surface area contributed by atoms with Gasteiger partial charge in [0.2, 0.25) is 0 Å². The molecule has 7 heteroatoms. The second-order valence-electron chi connectivity index (χ2n) is 4.77. The average molecular weight is 321 g/mol. The van der Waals surface area contributed by atoms with Crippen molar-refractivity contribution in [2.24, 2.45) is 0 Å². The van der Waals surface area contributed by atoms with Gasteiger partial charge in [-0.25, -0.2) is 14.4 Å². The minimum Gasteiger partial charge on any atom is -0.351 e. The van der Waals surface area contributed by atoms with Crippen LogP contribution in [0, 0.1) is 12.4 Å². The van der Waals surface area contributed by atoms with Gasteiger partial charge in [-0.1, -0.05) is 6.57 Å². The molecule has 5 nitrogen and oxygen atoms in total. The summed E-state index contributed by atoms with van der Waals surface area (Å²) >= 11 is 1.31. The van der Waals surface area contributed by atoms with Gasteiger partial charge >= 0.3 is 5.13 Å². The number of nitrogens with zero attached hydrogens (tertiary/aromatic N) is 4. The van der Waals surface area contributed by atoms with E-state index >= 15 is 0 Å². The normalized spacial score (nSPS) is 10.8. The van der Waals surface area contributed by atoms with Crippen molar-refractivity contribution < 1.29 is 4.39 Å². The van der Waals surface area contributed by atoms with E-state index in [4.69, 9.17) is 6.57 Å². The number of fused-ring (bicyclic) bond motifs is 3. The highest BCUT2D eigenvalue weighted by molar-refractivity contribution is 7.23. The predicted octanol–water partition coefficient (Wildman–Crippen LogP) is 4.67. The van der Waals surface area contributed by atoms with Crippen LogP contribution in [0.4, 0.5) is 21.0 Å². The summed E-state index contributed by atoms with van der Waals surface area (Å²) in [4.78, 5) is 16.2. The fourth-order valence-electron chi connectivity index (χ4n) is 2.33. The van der Waals surface area contributed by atoms with Gasteiger partial charge in [0.25, 0.3) is 0 Å². The number of hydrogen-bond acceptors (Lipinski definition) is 5. The Labute approximate surface area is 134 Å². The molecule has 0 saturated carbocycles. The molecule has 1 N–H and O–H groups in total. The van der Waals surface area contributed by atoms with Gasteiger partial charge in [0, 0.05) is 5.69 Å². The Kier molecular flexibility index (Phi) is 3.10. The predicted molar refractivity (Wildman–Crippen MR) is 88.7 cm³/mol. The van der Waals surface area contributed by atoms with E-state index in [9.17, 15) is 4.39 Å². The molecule has 2 heterocycles. The van der Waals surface area contributed by atoms with Crippen molar-refractivity contribution in [3.8, 4) is 0 Å². The lowest BCUT2D eigenvalue weighted by Gasteiger charge is -2.08. The van der Waals surface area contributed by atoms with Crippen LogP contribution in [0.1, 0.15) is 0 Å². The molecule has 0 amide bonds. The lowest BCUT2D eigenvalue weighted by molar-refractivity contribution is 0.628. The molecule has 110 valence electrons. The Morgan fingerprint density at radius 2 is 1.83 bits per heavy atom. The molecule has 0 fully saturated rings. The highest BCUT2D eigenvalue weighted by Crippen LogP contribution is 2.36. The summed E-state index contributed by atoms with van der Waals surface area (Å²) in [7, 11) is 0. The first kappa shape index (κ1) is 13.5. The lowest BCUT2D eigenvalue weighted by atomic mass is 10.2. The smallest absolute Gasteiger partial charge is 0.330 e. The van der Waals surface area contributed by atoms with Crippen LogP contribution in [0.3, 0.4) is 0 Å². The van der Waals surface area contributed by atoms with E-state index in [1.807, 2.05) is 12.1 Å². The van der Waals surface area contributed by atoms with Crippen molar-refractivity contribution >= 4 is 49.1 Å². The van der Waals surface area contributed by atoms with Gasteiger partial charge in [-0.2, -0.15) is 0 Å². The van der Waals surface area contributed by atoms with Crippen LogP contribution in [-0.2, 0) is 0 Å². The first-order chi connectivity index (χ1) is 11.2. The van der Waals surface area contributed by atoms with E-state index in [0.717, 1.165) is 26.8 Å². The zero-order valence-electron chi connectivity index (χ0n) is 11.6.